The average Bonchev–Trinajstić information content (AvgIpc) is 2.89. The minimum atomic E-state index is -0.160. The van der Waals surface area contributed by atoms with Crippen LogP contribution in [-0.2, 0) is 11.3 Å². The summed E-state index contributed by atoms with van der Waals surface area (Å²) in [4.78, 5) is 19.0. The molecule has 0 N–H and O–H groups in total. The smallest absolute Gasteiger partial charge is 0.250 e. The lowest BCUT2D eigenvalue weighted by Crippen LogP contribution is -2.28. The average molecular weight is 282 g/mol. The maximum atomic E-state index is 12.1. The van der Waals surface area contributed by atoms with Crippen LogP contribution in [0, 0.1) is 19.3 Å². The van der Waals surface area contributed by atoms with Crippen LogP contribution < -0.4 is 4.90 Å². The lowest BCUT2D eigenvalue weighted by atomic mass is 10.2. The number of carbonyl (C=O) groups excluding carboxylic acids is 1. The van der Waals surface area contributed by atoms with Crippen molar-refractivity contribution >= 4 is 22.9 Å². The van der Waals surface area contributed by atoms with E-state index in [-0.39, 0.29) is 5.91 Å². The summed E-state index contributed by atoms with van der Waals surface area (Å²) in [5.41, 5.74) is 4.22. The third-order valence-electron chi connectivity index (χ3n) is 2.91. The van der Waals surface area contributed by atoms with Crippen LogP contribution in [-0.4, -0.2) is 10.9 Å². The van der Waals surface area contributed by atoms with Crippen LogP contribution in [0.3, 0.4) is 0 Å². The van der Waals surface area contributed by atoms with Gasteiger partial charge in [0.1, 0.15) is 0 Å². The summed E-state index contributed by atoms with van der Waals surface area (Å²) in [5.74, 6) is 2.42. The molecule has 0 unspecified atom stereocenters. The van der Waals surface area contributed by atoms with Crippen LogP contribution in [0.2, 0.25) is 0 Å². The molecule has 4 heteroatoms. The molecule has 1 aromatic heterocycles. The number of hydrogen-bond acceptors (Lipinski definition) is 3. The van der Waals surface area contributed by atoms with Crippen molar-refractivity contribution in [3.05, 3.63) is 58.6 Å². The van der Waals surface area contributed by atoms with Crippen LogP contribution in [0.1, 0.15) is 16.1 Å². The van der Waals surface area contributed by atoms with Crippen LogP contribution >= 0.6 is 11.3 Å². The summed E-state index contributed by atoms with van der Waals surface area (Å²) in [5, 5.41) is 0. The van der Waals surface area contributed by atoms with E-state index in [1.165, 1.54) is 17.4 Å². The largest absolute Gasteiger partial charge is 0.304 e. The molecule has 1 amide bonds. The van der Waals surface area contributed by atoms with E-state index in [4.69, 9.17) is 6.42 Å². The molecule has 0 atom stereocenters. The zero-order valence-electron chi connectivity index (χ0n) is 11.2. The first kappa shape index (κ1) is 14.0. The Labute approximate surface area is 122 Å². The van der Waals surface area contributed by atoms with Crippen LogP contribution in [0.25, 0.3) is 0 Å². The van der Waals surface area contributed by atoms with Crippen molar-refractivity contribution in [3.63, 3.8) is 0 Å². The van der Waals surface area contributed by atoms with Crippen molar-refractivity contribution in [3.8, 4) is 12.3 Å². The van der Waals surface area contributed by atoms with Gasteiger partial charge in [0.05, 0.1) is 17.7 Å². The van der Waals surface area contributed by atoms with Crippen LogP contribution in [0.5, 0.6) is 0 Å². The summed E-state index contributed by atoms with van der Waals surface area (Å²) in [6.07, 6.45) is 6.71. The van der Waals surface area contributed by atoms with Gasteiger partial charge in [0.15, 0.2) is 0 Å². The molecule has 0 aliphatic rings. The molecule has 1 aromatic carbocycles. The second-order valence-electron chi connectivity index (χ2n) is 4.18. The molecule has 0 fully saturated rings. The highest BCUT2D eigenvalue weighted by atomic mass is 32.1. The van der Waals surface area contributed by atoms with Crippen molar-refractivity contribution in [1.29, 1.82) is 0 Å². The standard InChI is InChI=1S/C16H14N2OS/c1-4-13-7-6-8-14(9-13)18(16(19)5-2)10-15-12(3)17-11-20-15/h1,5-9,11H,2,10H2,3H3. The van der Waals surface area contributed by atoms with Crippen molar-refractivity contribution in [2.45, 2.75) is 13.5 Å². The lowest BCUT2D eigenvalue weighted by molar-refractivity contribution is -0.114. The fourth-order valence-corrected chi connectivity index (χ4v) is 2.56. The molecule has 0 aliphatic heterocycles. The molecular weight excluding hydrogens is 268 g/mol. The van der Waals surface area contributed by atoms with Crippen LogP contribution in [0.15, 0.2) is 42.4 Å². The number of nitrogens with zero attached hydrogens (tertiary/aromatic N) is 2. The molecule has 0 saturated carbocycles. The van der Waals surface area contributed by atoms with Crippen LogP contribution in [0.4, 0.5) is 5.69 Å². The summed E-state index contributed by atoms with van der Waals surface area (Å²) in [7, 11) is 0. The van der Waals surface area contributed by atoms with Gasteiger partial charge in [-0.3, -0.25) is 4.79 Å². The summed E-state index contributed by atoms with van der Waals surface area (Å²) in [6.45, 7) is 5.96. The highest BCUT2D eigenvalue weighted by Crippen LogP contribution is 2.22. The number of benzene rings is 1. The first-order valence-corrected chi connectivity index (χ1v) is 6.93. The predicted molar refractivity (Wildman–Crippen MR) is 82.6 cm³/mol. The van der Waals surface area contributed by atoms with Gasteiger partial charge in [-0.15, -0.1) is 17.8 Å². The third-order valence-corrected chi connectivity index (χ3v) is 3.83. The quantitative estimate of drug-likeness (QED) is 0.637. The molecule has 0 aliphatic carbocycles. The number of thiazole rings is 1. The SMILES string of the molecule is C#Cc1cccc(N(Cc2scnc2C)C(=O)C=C)c1. The number of terminal acetylenes is 1. The molecule has 100 valence electrons. The van der Waals surface area contributed by atoms with E-state index in [1.54, 1.807) is 10.4 Å². The number of carbonyl (C=O) groups is 1. The number of aryl methyl sites for hydroxylation is 1. The lowest BCUT2D eigenvalue weighted by Gasteiger charge is -2.21. The Morgan fingerprint density at radius 1 is 1.60 bits per heavy atom. The minimum Gasteiger partial charge on any atom is -0.304 e. The molecule has 0 bridgehead atoms. The molecule has 1 heterocycles. The summed E-state index contributed by atoms with van der Waals surface area (Å²) in [6, 6.07) is 7.35. The molecule has 3 nitrogen and oxygen atoms in total. The first-order chi connectivity index (χ1) is 9.65. The number of amides is 1. The zero-order chi connectivity index (χ0) is 14.5. The first-order valence-electron chi connectivity index (χ1n) is 6.05. The minimum absolute atomic E-state index is 0.160. The topological polar surface area (TPSA) is 33.2 Å². The number of anilines is 1. The van der Waals surface area contributed by atoms with Crippen molar-refractivity contribution in [2.24, 2.45) is 0 Å². The second-order valence-corrected chi connectivity index (χ2v) is 5.12. The van der Waals surface area contributed by atoms with E-state index < -0.39 is 0 Å². The molecule has 2 aromatic rings. The van der Waals surface area contributed by atoms with Gasteiger partial charge >= 0.3 is 0 Å². The van der Waals surface area contributed by atoms with Gasteiger partial charge in [0.2, 0.25) is 0 Å². The Balaban J connectivity index is 2.37. The third kappa shape index (κ3) is 2.95. The molecule has 20 heavy (non-hydrogen) atoms. The molecule has 0 spiro atoms. The maximum absolute atomic E-state index is 12.1. The van der Waals surface area contributed by atoms with Gasteiger partial charge in [-0.1, -0.05) is 18.6 Å². The van der Waals surface area contributed by atoms with Gasteiger partial charge in [0.25, 0.3) is 5.91 Å². The second kappa shape index (κ2) is 6.18. The summed E-state index contributed by atoms with van der Waals surface area (Å²) >= 11 is 1.53. The maximum Gasteiger partial charge on any atom is 0.250 e. The Hall–Kier alpha value is -2.38. The highest BCUT2D eigenvalue weighted by molar-refractivity contribution is 7.09. The Kier molecular flexibility index (Phi) is 4.34. The van der Waals surface area contributed by atoms with E-state index in [9.17, 15) is 4.79 Å². The van der Waals surface area contributed by atoms with Crippen molar-refractivity contribution < 1.29 is 4.79 Å². The van der Waals surface area contributed by atoms with E-state index in [0.717, 1.165) is 21.8 Å². The predicted octanol–water partition coefficient (Wildman–Crippen LogP) is 3.15. The normalized spacial score (nSPS) is 9.80. The van der Waals surface area contributed by atoms with E-state index in [2.05, 4.69) is 17.5 Å². The number of hydrogen-bond donors (Lipinski definition) is 0. The summed E-state index contributed by atoms with van der Waals surface area (Å²) < 4.78 is 0. The molecule has 2 rings (SSSR count). The Morgan fingerprint density at radius 3 is 3.00 bits per heavy atom. The van der Waals surface area contributed by atoms with E-state index in [1.807, 2.05) is 31.2 Å². The van der Waals surface area contributed by atoms with Gasteiger partial charge in [-0.05, 0) is 31.2 Å². The van der Waals surface area contributed by atoms with Gasteiger partial charge < -0.3 is 4.90 Å². The monoisotopic (exact) mass is 282 g/mol. The zero-order valence-corrected chi connectivity index (χ0v) is 12.0. The van der Waals surface area contributed by atoms with Gasteiger partial charge in [-0.2, -0.15) is 0 Å². The Bertz CT molecular complexity index is 682. The molecule has 0 radical (unpaired) electrons. The Morgan fingerprint density at radius 2 is 2.40 bits per heavy atom. The highest BCUT2D eigenvalue weighted by Gasteiger charge is 2.16. The number of aromatic nitrogens is 1. The van der Waals surface area contributed by atoms with Crippen molar-refractivity contribution in [1.82, 2.24) is 4.98 Å². The van der Waals surface area contributed by atoms with Gasteiger partial charge in [0, 0.05) is 16.1 Å². The van der Waals surface area contributed by atoms with Gasteiger partial charge in [-0.25, -0.2) is 4.98 Å². The van der Waals surface area contributed by atoms with E-state index >= 15 is 0 Å². The fraction of sp³-hybridized carbons (Fsp3) is 0.125. The van der Waals surface area contributed by atoms with Crippen molar-refractivity contribution in [2.75, 3.05) is 4.90 Å². The molecular formula is C16H14N2OS. The molecule has 0 saturated heterocycles. The fourth-order valence-electron chi connectivity index (χ4n) is 1.79. The van der Waals surface area contributed by atoms with E-state index in [0.29, 0.717) is 6.54 Å². The number of rotatable bonds is 4.